The van der Waals surface area contributed by atoms with E-state index in [0.29, 0.717) is 5.56 Å². The number of nitrogens with one attached hydrogen (secondary N) is 1. The third kappa shape index (κ3) is 3.45. The Balaban J connectivity index is 2.29. The standard InChI is InChI=1S/C16H14INO2/c1-10-9-11(2)18-16(20)15(10)14(19)8-5-12-3-6-13(17)7-4-12/h3-9H,1-2H3,(H,18,20)/b8-5+. The van der Waals surface area contributed by atoms with Gasteiger partial charge < -0.3 is 4.98 Å². The number of benzene rings is 1. The second kappa shape index (κ2) is 6.17. The molecule has 2 rings (SSSR count). The number of hydrogen-bond acceptors (Lipinski definition) is 2. The fourth-order valence-electron chi connectivity index (χ4n) is 1.99. The largest absolute Gasteiger partial charge is 0.326 e. The maximum Gasteiger partial charge on any atom is 0.259 e. The van der Waals surface area contributed by atoms with Crippen molar-refractivity contribution in [3.63, 3.8) is 0 Å². The highest BCUT2D eigenvalue weighted by molar-refractivity contribution is 14.1. The van der Waals surface area contributed by atoms with Crippen molar-refractivity contribution in [2.45, 2.75) is 13.8 Å². The van der Waals surface area contributed by atoms with Crippen molar-refractivity contribution in [3.8, 4) is 0 Å². The molecule has 1 N–H and O–H groups in total. The predicted octanol–water partition coefficient (Wildman–Crippen LogP) is 3.49. The first kappa shape index (κ1) is 14.7. The Labute approximate surface area is 130 Å². The van der Waals surface area contributed by atoms with Crippen LogP contribution in [0.1, 0.15) is 27.2 Å². The molecular weight excluding hydrogens is 365 g/mol. The van der Waals surface area contributed by atoms with Crippen molar-refractivity contribution in [1.29, 1.82) is 0 Å². The number of pyridine rings is 1. The predicted molar refractivity (Wildman–Crippen MR) is 89.1 cm³/mol. The van der Waals surface area contributed by atoms with Gasteiger partial charge in [-0.15, -0.1) is 0 Å². The molecular formula is C16H14INO2. The highest BCUT2D eigenvalue weighted by Crippen LogP contribution is 2.10. The highest BCUT2D eigenvalue weighted by Gasteiger charge is 2.11. The normalized spacial score (nSPS) is 10.9. The van der Waals surface area contributed by atoms with Gasteiger partial charge in [0.2, 0.25) is 0 Å². The maximum atomic E-state index is 12.1. The summed E-state index contributed by atoms with van der Waals surface area (Å²) in [6, 6.07) is 9.59. The van der Waals surface area contributed by atoms with Crippen LogP contribution in [0.2, 0.25) is 0 Å². The van der Waals surface area contributed by atoms with Crippen LogP contribution in [0.5, 0.6) is 0 Å². The first-order chi connectivity index (χ1) is 9.47. The maximum absolute atomic E-state index is 12.1. The third-order valence-corrected chi connectivity index (χ3v) is 3.63. The molecule has 1 aromatic carbocycles. The molecule has 1 heterocycles. The van der Waals surface area contributed by atoms with E-state index in [4.69, 9.17) is 0 Å². The van der Waals surface area contributed by atoms with E-state index in [-0.39, 0.29) is 16.9 Å². The SMILES string of the molecule is Cc1cc(C)c(C(=O)/C=C/c2ccc(I)cc2)c(=O)[nH]1. The van der Waals surface area contributed by atoms with E-state index < -0.39 is 0 Å². The lowest BCUT2D eigenvalue weighted by atomic mass is 10.1. The van der Waals surface area contributed by atoms with Crippen molar-refractivity contribution < 1.29 is 4.79 Å². The Bertz CT molecular complexity index is 727. The fraction of sp³-hybridized carbons (Fsp3) is 0.125. The molecule has 0 aliphatic rings. The number of aryl methyl sites for hydroxylation is 2. The summed E-state index contributed by atoms with van der Waals surface area (Å²) in [5.41, 5.74) is 2.26. The second-order valence-electron chi connectivity index (χ2n) is 4.59. The van der Waals surface area contributed by atoms with Crippen molar-refractivity contribution >= 4 is 34.5 Å². The molecule has 0 spiro atoms. The van der Waals surface area contributed by atoms with Crippen LogP contribution in [-0.4, -0.2) is 10.8 Å². The number of hydrogen-bond donors (Lipinski definition) is 1. The monoisotopic (exact) mass is 379 g/mol. The number of allylic oxidation sites excluding steroid dienone is 1. The van der Waals surface area contributed by atoms with Gasteiger partial charge in [-0.05, 0) is 71.8 Å². The number of rotatable bonds is 3. The summed E-state index contributed by atoms with van der Waals surface area (Å²) in [7, 11) is 0. The summed E-state index contributed by atoms with van der Waals surface area (Å²) in [6.45, 7) is 3.57. The minimum absolute atomic E-state index is 0.206. The van der Waals surface area contributed by atoms with Crippen LogP contribution in [0.15, 0.2) is 41.2 Å². The zero-order chi connectivity index (χ0) is 14.7. The number of carbonyl (C=O) groups excluding carboxylic acids is 1. The van der Waals surface area contributed by atoms with Crippen LogP contribution < -0.4 is 5.56 Å². The lowest BCUT2D eigenvalue weighted by Crippen LogP contribution is -2.19. The average Bonchev–Trinajstić information content (AvgIpc) is 2.37. The third-order valence-electron chi connectivity index (χ3n) is 2.91. The Morgan fingerprint density at radius 1 is 1.20 bits per heavy atom. The van der Waals surface area contributed by atoms with Gasteiger partial charge in [0, 0.05) is 9.26 Å². The average molecular weight is 379 g/mol. The smallest absolute Gasteiger partial charge is 0.259 e. The van der Waals surface area contributed by atoms with Gasteiger partial charge in [0.1, 0.15) is 0 Å². The molecule has 0 aliphatic carbocycles. The molecule has 3 nitrogen and oxygen atoms in total. The van der Waals surface area contributed by atoms with Gasteiger partial charge in [0.25, 0.3) is 5.56 Å². The molecule has 0 saturated carbocycles. The molecule has 0 fully saturated rings. The van der Waals surface area contributed by atoms with E-state index in [1.807, 2.05) is 24.3 Å². The zero-order valence-electron chi connectivity index (χ0n) is 11.2. The number of carbonyl (C=O) groups is 1. The van der Waals surface area contributed by atoms with Crippen LogP contribution in [-0.2, 0) is 0 Å². The lowest BCUT2D eigenvalue weighted by Gasteiger charge is -2.02. The lowest BCUT2D eigenvalue weighted by molar-refractivity contribution is 0.104. The molecule has 1 aromatic heterocycles. The van der Waals surface area contributed by atoms with Gasteiger partial charge in [0.15, 0.2) is 5.78 Å². The van der Waals surface area contributed by atoms with Gasteiger partial charge in [-0.3, -0.25) is 9.59 Å². The number of halogens is 1. The van der Waals surface area contributed by atoms with Gasteiger partial charge in [-0.2, -0.15) is 0 Å². The van der Waals surface area contributed by atoms with Gasteiger partial charge in [-0.25, -0.2) is 0 Å². The molecule has 0 bridgehead atoms. The Morgan fingerprint density at radius 3 is 2.45 bits per heavy atom. The molecule has 0 radical (unpaired) electrons. The molecule has 102 valence electrons. The number of ketones is 1. The van der Waals surface area contributed by atoms with Gasteiger partial charge >= 0.3 is 0 Å². The Morgan fingerprint density at radius 2 is 1.85 bits per heavy atom. The topological polar surface area (TPSA) is 49.9 Å². The first-order valence-corrected chi connectivity index (χ1v) is 7.24. The fourth-order valence-corrected chi connectivity index (χ4v) is 2.35. The molecule has 0 amide bonds. The van der Waals surface area contributed by atoms with E-state index in [2.05, 4.69) is 27.6 Å². The minimum Gasteiger partial charge on any atom is -0.326 e. The second-order valence-corrected chi connectivity index (χ2v) is 5.83. The summed E-state index contributed by atoms with van der Waals surface area (Å²) in [6.07, 6.45) is 3.16. The van der Waals surface area contributed by atoms with Gasteiger partial charge in [-0.1, -0.05) is 18.2 Å². The van der Waals surface area contributed by atoms with Crippen LogP contribution >= 0.6 is 22.6 Å². The zero-order valence-corrected chi connectivity index (χ0v) is 13.4. The number of H-pyrrole nitrogens is 1. The summed E-state index contributed by atoms with van der Waals surface area (Å²) in [5.74, 6) is -0.276. The van der Waals surface area contributed by atoms with Crippen molar-refractivity contribution in [2.24, 2.45) is 0 Å². The van der Waals surface area contributed by atoms with Crippen LogP contribution in [0, 0.1) is 17.4 Å². The molecule has 0 saturated heterocycles. The van der Waals surface area contributed by atoms with Crippen molar-refractivity contribution in [2.75, 3.05) is 0 Å². The first-order valence-electron chi connectivity index (χ1n) is 6.16. The van der Waals surface area contributed by atoms with E-state index in [0.717, 1.165) is 14.8 Å². The van der Waals surface area contributed by atoms with Crippen molar-refractivity contribution in [1.82, 2.24) is 4.98 Å². The number of aromatic nitrogens is 1. The van der Waals surface area contributed by atoms with E-state index >= 15 is 0 Å². The minimum atomic E-state index is -0.334. The van der Waals surface area contributed by atoms with E-state index in [9.17, 15) is 9.59 Å². The number of aromatic amines is 1. The van der Waals surface area contributed by atoms with Crippen molar-refractivity contribution in [3.05, 3.63) is 72.7 Å². The summed E-state index contributed by atoms with van der Waals surface area (Å²) in [4.78, 5) is 26.6. The molecule has 0 atom stereocenters. The Hall–Kier alpha value is -1.69. The molecule has 2 aromatic rings. The molecule has 0 aliphatic heterocycles. The quantitative estimate of drug-likeness (QED) is 0.504. The highest BCUT2D eigenvalue weighted by atomic mass is 127. The molecule has 0 unspecified atom stereocenters. The van der Waals surface area contributed by atoms with E-state index in [1.54, 1.807) is 26.0 Å². The molecule has 4 heteroatoms. The summed E-state index contributed by atoms with van der Waals surface area (Å²) in [5, 5.41) is 0. The van der Waals surface area contributed by atoms with Crippen LogP contribution in [0.25, 0.3) is 6.08 Å². The Kier molecular flexibility index (Phi) is 4.54. The van der Waals surface area contributed by atoms with Crippen LogP contribution in [0.3, 0.4) is 0 Å². The summed E-state index contributed by atoms with van der Waals surface area (Å²) >= 11 is 2.22. The molecule has 20 heavy (non-hydrogen) atoms. The summed E-state index contributed by atoms with van der Waals surface area (Å²) < 4.78 is 1.14. The van der Waals surface area contributed by atoms with Gasteiger partial charge in [0.05, 0.1) is 5.56 Å². The van der Waals surface area contributed by atoms with E-state index in [1.165, 1.54) is 6.08 Å². The van der Waals surface area contributed by atoms with Crippen LogP contribution in [0.4, 0.5) is 0 Å².